The van der Waals surface area contributed by atoms with Crippen LogP contribution in [-0.2, 0) is 7.05 Å². The number of hydrogen-bond donors (Lipinski definition) is 1. The largest absolute Gasteiger partial charge is 0.375 e. The molecule has 0 aliphatic carbocycles. The molecule has 0 spiro atoms. The number of nitrogens with zero attached hydrogens (tertiary/aromatic N) is 2. The molecule has 2 rings (SSSR count). The second-order valence-electron chi connectivity index (χ2n) is 4.79. The molecule has 20 heavy (non-hydrogen) atoms. The van der Waals surface area contributed by atoms with Crippen molar-refractivity contribution in [3.8, 4) is 0 Å². The fraction of sp³-hybridized carbons (Fsp3) is 0.357. The maximum absolute atomic E-state index is 13.6. The first-order valence-corrected chi connectivity index (χ1v) is 6.98. The second kappa shape index (κ2) is 5.62. The van der Waals surface area contributed by atoms with Crippen LogP contribution in [0.4, 0.5) is 10.1 Å². The average molecular weight is 316 g/mol. The second-order valence-corrected chi connectivity index (χ2v) is 5.58. The van der Waals surface area contributed by atoms with E-state index in [4.69, 9.17) is 23.2 Å². The van der Waals surface area contributed by atoms with Crippen molar-refractivity contribution in [1.29, 1.82) is 0 Å². The number of anilines is 1. The Morgan fingerprint density at radius 3 is 2.50 bits per heavy atom. The molecule has 0 amide bonds. The van der Waals surface area contributed by atoms with Gasteiger partial charge >= 0.3 is 0 Å². The van der Waals surface area contributed by atoms with Gasteiger partial charge in [0.15, 0.2) is 0 Å². The van der Waals surface area contributed by atoms with Crippen LogP contribution in [0.15, 0.2) is 12.1 Å². The molecule has 1 atom stereocenters. The first-order valence-electron chi connectivity index (χ1n) is 6.23. The highest BCUT2D eigenvalue weighted by Gasteiger charge is 2.19. The highest BCUT2D eigenvalue weighted by molar-refractivity contribution is 6.36. The zero-order valence-electron chi connectivity index (χ0n) is 11.8. The molecule has 0 saturated carbocycles. The van der Waals surface area contributed by atoms with Crippen molar-refractivity contribution >= 4 is 28.9 Å². The van der Waals surface area contributed by atoms with E-state index < -0.39 is 5.82 Å². The van der Waals surface area contributed by atoms with Gasteiger partial charge < -0.3 is 5.32 Å². The molecule has 1 heterocycles. The summed E-state index contributed by atoms with van der Waals surface area (Å²) >= 11 is 12.2. The van der Waals surface area contributed by atoms with Crippen LogP contribution in [-0.4, -0.2) is 9.78 Å². The fourth-order valence-corrected chi connectivity index (χ4v) is 2.91. The summed E-state index contributed by atoms with van der Waals surface area (Å²) in [5.41, 5.74) is 3.34. The standard InChI is InChI=1S/C14H16Cl2FN3/c1-7(12-10(15)5-6-11(17)13(12)16)18-14-8(2)19-20(4)9(14)3/h5-7,18H,1-4H3. The molecule has 2 aromatic rings. The van der Waals surface area contributed by atoms with E-state index >= 15 is 0 Å². The third-order valence-corrected chi connectivity index (χ3v) is 4.10. The van der Waals surface area contributed by atoms with Crippen LogP contribution in [0.25, 0.3) is 0 Å². The molecule has 1 aromatic heterocycles. The SMILES string of the molecule is Cc1nn(C)c(C)c1NC(C)c1c(Cl)ccc(F)c1Cl. The molecular formula is C14H16Cl2FN3. The summed E-state index contributed by atoms with van der Waals surface area (Å²) in [6.07, 6.45) is 0. The lowest BCUT2D eigenvalue weighted by molar-refractivity contribution is 0.624. The van der Waals surface area contributed by atoms with E-state index in [0.29, 0.717) is 10.6 Å². The van der Waals surface area contributed by atoms with Crippen LogP contribution in [0, 0.1) is 19.7 Å². The van der Waals surface area contributed by atoms with E-state index in [0.717, 1.165) is 17.1 Å². The molecule has 6 heteroatoms. The molecule has 3 nitrogen and oxygen atoms in total. The Kier molecular flexibility index (Phi) is 4.25. The topological polar surface area (TPSA) is 29.9 Å². The summed E-state index contributed by atoms with van der Waals surface area (Å²) in [5.74, 6) is -0.473. The van der Waals surface area contributed by atoms with Crippen LogP contribution < -0.4 is 5.32 Å². The van der Waals surface area contributed by atoms with Gasteiger partial charge in [0.25, 0.3) is 0 Å². The van der Waals surface area contributed by atoms with E-state index in [1.807, 2.05) is 27.8 Å². The minimum Gasteiger partial charge on any atom is -0.375 e. The Morgan fingerprint density at radius 2 is 1.95 bits per heavy atom. The monoisotopic (exact) mass is 315 g/mol. The highest BCUT2D eigenvalue weighted by Crippen LogP contribution is 2.35. The fourth-order valence-electron chi connectivity index (χ4n) is 2.21. The Morgan fingerprint density at radius 1 is 1.30 bits per heavy atom. The van der Waals surface area contributed by atoms with Gasteiger partial charge in [-0.2, -0.15) is 5.10 Å². The molecule has 0 aliphatic heterocycles. The summed E-state index contributed by atoms with van der Waals surface area (Å²) in [6, 6.07) is 2.55. The maximum Gasteiger partial charge on any atom is 0.142 e. The molecule has 0 aliphatic rings. The van der Waals surface area contributed by atoms with Gasteiger partial charge in [0.2, 0.25) is 0 Å². The van der Waals surface area contributed by atoms with Gasteiger partial charge in [-0.15, -0.1) is 0 Å². The van der Waals surface area contributed by atoms with E-state index in [2.05, 4.69) is 10.4 Å². The lowest BCUT2D eigenvalue weighted by Crippen LogP contribution is -2.10. The van der Waals surface area contributed by atoms with Crippen molar-refractivity contribution in [2.45, 2.75) is 26.8 Å². The van der Waals surface area contributed by atoms with Gasteiger partial charge in [0.1, 0.15) is 5.82 Å². The van der Waals surface area contributed by atoms with Crippen LogP contribution >= 0.6 is 23.2 Å². The van der Waals surface area contributed by atoms with E-state index in [1.165, 1.54) is 12.1 Å². The Balaban J connectivity index is 2.38. The third-order valence-electron chi connectivity index (χ3n) is 3.38. The van der Waals surface area contributed by atoms with Gasteiger partial charge in [0.05, 0.1) is 28.1 Å². The molecular weight excluding hydrogens is 300 g/mol. The highest BCUT2D eigenvalue weighted by atomic mass is 35.5. The smallest absolute Gasteiger partial charge is 0.142 e. The summed E-state index contributed by atoms with van der Waals surface area (Å²) in [5, 5.41) is 8.13. The zero-order chi connectivity index (χ0) is 15.0. The van der Waals surface area contributed by atoms with Crippen LogP contribution in [0.5, 0.6) is 0 Å². The number of aromatic nitrogens is 2. The van der Waals surface area contributed by atoms with Crippen molar-refractivity contribution in [2.24, 2.45) is 7.05 Å². The van der Waals surface area contributed by atoms with Gasteiger partial charge in [-0.25, -0.2) is 4.39 Å². The van der Waals surface area contributed by atoms with E-state index in [1.54, 1.807) is 4.68 Å². The molecule has 0 saturated heterocycles. The number of benzene rings is 1. The molecule has 1 aromatic carbocycles. The molecule has 1 unspecified atom stereocenters. The van der Waals surface area contributed by atoms with Crippen LogP contribution in [0.1, 0.15) is 29.9 Å². The van der Waals surface area contributed by atoms with Gasteiger partial charge in [-0.1, -0.05) is 23.2 Å². The minimum atomic E-state index is -0.473. The Bertz CT molecular complexity index is 652. The average Bonchev–Trinajstić information content (AvgIpc) is 2.61. The van der Waals surface area contributed by atoms with Crippen molar-refractivity contribution in [3.63, 3.8) is 0 Å². The Labute approximate surface area is 127 Å². The van der Waals surface area contributed by atoms with Crippen molar-refractivity contribution in [3.05, 3.63) is 44.9 Å². The van der Waals surface area contributed by atoms with Crippen molar-refractivity contribution < 1.29 is 4.39 Å². The lowest BCUT2D eigenvalue weighted by Gasteiger charge is -2.19. The molecule has 0 radical (unpaired) electrons. The number of rotatable bonds is 3. The Hall–Kier alpha value is -1.26. The molecule has 0 bridgehead atoms. The van der Waals surface area contributed by atoms with E-state index in [-0.39, 0.29) is 11.1 Å². The maximum atomic E-state index is 13.6. The first kappa shape index (κ1) is 15.1. The number of halogens is 3. The number of hydrogen-bond acceptors (Lipinski definition) is 2. The van der Waals surface area contributed by atoms with Crippen LogP contribution in [0.2, 0.25) is 10.0 Å². The van der Waals surface area contributed by atoms with Gasteiger partial charge in [-0.05, 0) is 32.9 Å². The predicted octanol–water partition coefficient (Wildman–Crippen LogP) is 4.66. The zero-order valence-corrected chi connectivity index (χ0v) is 13.3. The number of nitrogens with one attached hydrogen (secondary N) is 1. The summed E-state index contributed by atoms with van der Waals surface area (Å²) in [7, 11) is 1.88. The normalized spacial score (nSPS) is 12.6. The van der Waals surface area contributed by atoms with E-state index in [9.17, 15) is 4.39 Å². The van der Waals surface area contributed by atoms with Gasteiger partial charge in [-0.3, -0.25) is 4.68 Å². The van der Waals surface area contributed by atoms with Crippen LogP contribution in [0.3, 0.4) is 0 Å². The summed E-state index contributed by atoms with van der Waals surface area (Å²) < 4.78 is 15.4. The minimum absolute atomic E-state index is 0.0525. The molecule has 0 fully saturated rings. The molecule has 1 N–H and O–H groups in total. The third kappa shape index (κ3) is 2.63. The van der Waals surface area contributed by atoms with Crippen molar-refractivity contribution in [1.82, 2.24) is 9.78 Å². The number of aryl methyl sites for hydroxylation is 2. The van der Waals surface area contributed by atoms with Gasteiger partial charge in [0, 0.05) is 17.6 Å². The summed E-state index contributed by atoms with van der Waals surface area (Å²) in [6.45, 7) is 5.76. The molecule has 108 valence electrons. The quantitative estimate of drug-likeness (QED) is 0.835. The lowest BCUT2D eigenvalue weighted by atomic mass is 10.1. The summed E-state index contributed by atoms with van der Waals surface area (Å²) in [4.78, 5) is 0. The first-order chi connectivity index (χ1) is 9.32. The van der Waals surface area contributed by atoms with Crippen molar-refractivity contribution in [2.75, 3.05) is 5.32 Å². The predicted molar refractivity (Wildman–Crippen MR) is 81.1 cm³/mol.